The number of hydrogen-bond acceptors (Lipinski definition) is 3. The van der Waals surface area contributed by atoms with Gasteiger partial charge in [-0.05, 0) is 13.8 Å². The van der Waals surface area contributed by atoms with Crippen molar-refractivity contribution in [3.63, 3.8) is 0 Å². The van der Waals surface area contributed by atoms with Crippen molar-refractivity contribution in [1.29, 1.82) is 0 Å². The average Bonchev–Trinajstić information content (AvgIpc) is 1.64. The zero-order valence-corrected chi connectivity index (χ0v) is 6.23. The molecule has 3 nitrogen and oxygen atoms in total. The summed E-state index contributed by atoms with van der Waals surface area (Å²) in [7, 11) is 1.79. The maximum Gasteiger partial charge on any atom is 0.0513 e. The number of rotatable bonds is 2. The van der Waals surface area contributed by atoms with Crippen molar-refractivity contribution in [3.8, 4) is 0 Å². The molecule has 0 aliphatic rings. The normalized spacial score (nSPS) is 13.6. The first-order valence-corrected chi connectivity index (χ1v) is 2.90. The van der Waals surface area contributed by atoms with Gasteiger partial charge in [0.2, 0.25) is 0 Å². The summed E-state index contributed by atoms with van der Waals surface area (Å²) in [5.41, 5.74) is 11.4. The van der Waals surface area contributed by atoms with Crippen LogP contribution >= 0.6 is 0 Å². The van der Waals surface area contributed by atoms with Crippen molar-refractivity contribution in [1.82, 2.24) is 5.32 Å². The molecule has 0 radical (unpaired) electrons. The number of nitrogens with one attached hydrogen (secondary N) is 1. The highest BCUT2D eigenvalue weighted by Gasteiger charge is 2.12. The Morgan fingerprint density at radius 1 is 1.56 bits per heavy atom. The molecule has 54 valence electrons. The topological polar surface area (TPSA) is 64.1 Å². The highest BCUT2D eigenvalue weighted by Crippen LogP contribution is 2.03. The predicted molar refractivity (Wildman–Crippen MR) is 39.6 cm³/mol. The summed E-state index contributed by atoms with van der Waals surface area (Å²) >= 11 is 0. The maximum absolute atomic E-state index is 5.63. The van der Waals surface area contributed by atoms with Gasteiger partial charge < -0.3 is 16.8 Å². The largest absolute Gasteiger partial charge is 0.399 e. The van der Waals surface area contributed by atoms with E-state index in [0.717, 1.165) is 0 Å². The molecule has 3 heteroatoms. The summed E-state index contributed by atoms with van der Waals surface area (Å²) in [4.78, 5) is 0. The second-order valence-corrected chi connectivity index (χ2v) is 2.61. The molecule has 0 aromatic carbocycles. The van der Waals surface area contributed by atoms with Gasteiger partial charge in [0, 0.05) is 18.9 Å². The lowest BCUT2D eigenvalue weighted by atomic mass is 10.0. The second-order valence-electron chi connectivity index (χ2n) is 2.61. The molecule has 0 aliphatic carbocycles. The Morgan fingerprint density at radius 3 is 2.11 bits per heavy atom. The Balaban J connectivity index is 4.03. The minimum Gasteiger partial charge on any atom is -0.399 e. The fourth-order valence-electron chi connectivity index (χ4n) is 0.342. The lowest BCUT2D eigenvalue weighted by molar-refractivity contribution is 0.599. The zero-order valence-electron chi connectivity index (χ0n) is 6.23. The van der Waals surface area contributed by atoms with Gasteiger partial charge in [0.1, 0.15) is 0 Å². The summed E-state index contributed by atoms with van der Waals surface area (Å²) in [6.07, 6.45) is 1.69. The monoisotopic (exact) mass is 129 g/mol. The molecular weight excluding hydrogens is 114 g/mol. The van der Waals surface area contributed by atoms with Gasteiger partial charge >= 0.3 is 0 Å². The van der Waals surface area contributed by atoms with E-state index in [0.29, 0.717) is 5.70 Å². The summed E-state index contributed by atoms with van der Waals surface area (Å²) in [5.74, 6) is 0. The highest BCUT2D eigenvalue weighted by atomic mass is 14.9. The van der Waals surface area contributed by atoms with Gasteiger partial charge in [-0.25, -0.2) is 0 Å². The van der Waals surface area contributed by atoms with Crippen LogP contribution in [0, 0.1) is 0 Å². The molecule has 0 saturated carbocycles. The zero-order chi connectivity index (χ0) is 7.49. The smallest absolute Gasteiger partial charge is 0.0513 e. The molecule has 0 bridgehead atoms. The third-order valence-corrected chi connectivity index (χ3v) is 1.04. The molecule has 0 unspecified atom stereocenters. The third kappa shape index (κ3) is 2.98. The van der Waals surface area contributed by atoms with Crippen molar-refractivity contribution in [2.45, 2.75) is 19.4 Å². The van der Waals surface area contributed by atoms with Gasteiger partial charge in [-0.1, -0.05) is 0 Å². The Morgan fingerprint density at radius 2 is 2.00 bits per heavy atom. The lowest BCUT2D eigenvalue weighted by Gasteiger charge is -2.18. The summed E-state index contributed by atoms with van der Waals surface area (Å²) in [6.45, 7) is 3.71. The summed E-state index contributed by atoms with van der Waals surface area (Å²) in [6, 6.07) is 0. The first-order chi connectivity index (χ1) is 3.98. The van der Waals surface area contributed by atoms with E-state index in [1.54, 1.807) is 13.2 Å². The van der Waals surface area contributed by atoms with Gasteiger partial charge in [-0.3, -0.25) is 0 Å². The van der Waals surface area contributed by atoms with Crippen LogP contribution in [0.25, 0.3) is 0 Å². The Hall–Kier alpha value is -0.700. The van der Waals surface area contributed by atoms with Gasteiger partial charge in [-0.15, -0.1) is 0 Å². The Bertz CT molecular complexity index is 110. The van der Waals surface area contributed by atoms with E-state index in [1.807, 2.05) is 13.8 Å². The van der Waals surface area contributed by atoms with E-state index >= 15 is 0 Å². The fraction of sp³-hybridized carbons (Fsp3) is 0.667. The Labute approximate surface area is 56.1 Å². The summed E-state index contributed by atoms with van der Waals surface area (Å²) < 4.78 is 0. The van der Waals surface area contributed by atoms with Crippen LogP contribution < -0.4 is 16.8 Å². The maximum atomic E-state index is 5.63. The summed E-state index contributed by atoms with van der Waals surface area (Å²) in [5, 5.41) is 2.81. The molecule has 0 atom stereocenters. The molecule has 9 heavy (non-hydrogen) atoms. The molecule has 0 aliphatic heterocycles. The third-order valence-electron chi connectivity index (χ3n) is 1.04. The van der Waals surface area contributed by atoms with E-state index in [-0.39, 0.29) is 0 Å². The van der Waals surface area contributed by atoms with E-state index in [1.165, 1.54) is 0 Å². The molecule has 0 saturated heterocycles. The van der Waals surface area contributed by atoms with Crippen molar-refractivity contribution in [3.05, 3.63) is 11.9 Å². The highest BCUT2D eigenvalue weighted by molar-refractivity contribution is 5.10. The molecule has 0 rings (SSSR count). The van der Waals surface area contributed by atoms with E-state index in [9.17, 15) is 0 Å². The number of hydrogen-bond donors (Lipinski definition) is 3. The van der Waals surface area contributed by atoms with Crippen molar-refractivity contribution < 1.29 is 0 Å². The Kier molecular flexibility index (Phi) is 2.52. The minimum absolute atomic E-state index is 0.414. The first-order valence-electron chi connectivity index (χ1n) is 2.90. The van der Waals surface area contributed by atoms with Gasteiger partial charge in [0.25, 0.3) is 0 Å². The first kappa shape index (κ1) is 8.30. The van der Waals surface area contributed by atoms with Crippen LogP contribution in [-0.2, 0) is 0 Å². The molecule has 0 amide bonds. The quantitative estimate of drug-likeness (QED) is 0.481. The van der Waals surface area contributed by atoms with E-state index in [4.69, 9.17) is 11.5 Å². The lowest BCUT2D eigenvalue weighted by Crippen LogP contribution is -2.38. The SMILES string of the molecule is CN/C=C(\N)C(C)(C)N. The van der Waals surface area contributed by atoms with Crippen LogP contribution in [0.3, 0.4) is 0 Å². The van der Waals surface area contributed by atoms with Crippen LogP contribution in [-0.4, -0.2) is 12.6 Å². The molecule has 0 fully saturated rings. The van der Waals surface area contributed by atoms with Crippen LogP contribution in [0.15, 0.2) is 11.9 Å². The fourth-order valence-corrected chi connectivity index (χ4v) is 0.342. The molecule has 5 N–H and O–H groups in total. The van der Waals surface area contributed by atoms with E-state index < -0.39 is 5.54 Å². The van der Waals surface area contributed by atoms with Crippen LogP contribution in [0.4, 0.5) is 0 Å². The van der Waals surface area contributed by atoms with Crippen molar-refractivity contribution >= 4 is 0 Å². The molecular formula is C6H15N3. The molecule has 0 spiro atoms. The molecule has 0 aromatic rings. The molecule has 0 heterocycles. The average molecular weight is 129 g/mol. The predicted octanol–water partition coefficient (Wildman–Crippen LogP) is -0.257. The van der Waals surface area contributed by atoms with Crippen LogP contribution in [0.2, 0.25) is 0 Å². The van der Waals surface area contributed by atoms with Crippen molar-refractivity contribution in [2.75, 3.05) is 7.05 Å². The standard InChI is InChI=1S/C6H15N3/c1-6(2,8)5(7)4-9-3/h4,9H,7-8H2,1-3H3/b5-4-. The van der Waals surface area contributed by atoms with Gasteiger partial charge in [-0.2, -0.15) is 0 Å². The number of nitrogens with two attached hydrogens (primary N) is 2. The minimum atomic E-state index is -0.414. The second kappa shape index (κ2) is 2.73. The van der Waals surface area contributed by atoms with Crippen LogP contribution in [0.5, 0.6) is 0 Å². The van der Waals surface area contributed by atoms with Crippen molar-refractivity contribution in [2.24, 2.45) is 11.5 Å². The van der Waals surface area contributed by atoms with Crippen LogP contribution in [0.1, 0.15) is 13.8 Å². The van der Waals surface area contributed by atoms with Gasteiger partial charge in [0.05, 0.1) is 5.54 Å². The van der Waals surface area contributed by atoms with E-state index in [2.05, 4.69) is 5.32 Å². The van der Waals surface area contributed by atoms with Gasteiger partial charge in [0.15, 0.2) is 0 Å². The molecule has 0 aromatic heterocycles.